The number of benzene rings is 1. The molecule has 4 aromatic rings. The Bertz CT molecular complexity index is 1320. The van der Waals surface area contributed by atoms with E-state index in [1.807, 2.05) is 24.3 Å². The van der Waals surface area contributed by atoms with Gasteiger partial charge in [0.2, 0.25) is 17.7 Å². The smallest absolute Gasteiger partial charge is 0.285 e. The van der Waals surface area contributed by atoms with Crippen molar-refractivity contribution in [3.05, 3.63) is 36.0 Å². The van der Waals surface area contributed by atoms with Crippen molar-refractivity contribution in [1.29, 1.82) is 0 Å². The maximum atomic E-state index is 14.6. The van der Waals surface area contributed by atoms with E-state index < -0.39 is 18.5 Å². The fraction of sp³-hybridized carbons (Fsp3) is 0.333. The number of ether oxygens (including phenoxy) is 1. The second kappa shape index (κ2) is 7.66. The fourth-order valence-electron chi connectivity index (χ4n) is 3.99. The van der Waals surface area contributed by atoms with Crippen LogP contribution in [0, 0.1) is 0 Å². The number of nitrogens with zero attached hydrogens (tertiary/aromatic N) is 5. The van der Waals surface area contributed by atoms with Crippen molar-refractivity contribution in [2.45, 2.75) is 25.3 Å². The lowest BCUT2D eigenvalue weighted by atomic mass is 10.0. The number of alkyl halides is 2. The molecule has 1 atom stereocenters. The van der Waals surface area contributed by atoms with Gasteiger partial charge in [-0.15, -0.1) is 16.4 Å². The van der Waals surface area contributed by atoms with Crippen LogP contribution in [0.25, 0.3) is 26.9 Å². The summed E-state index contributed by atoms with van der Waals surface area (Å²) in [6, 6.07) is 6.65. The maximum Gasteiger partial charge on any atom is 0.285 e. The Labute approximate surface area is 185 Å². The van der Waals surface area contributed by atoms with Crippen molar-refractivity contribution in [2.24, 2.45) is 0 Å². The van der Waals surface area contributed by atoms with Crippen molar-refractivity contribution in [2.75, 3.05) is 25.5 Å². The molecule has 166 valence electrons. The number of aromatic nitrogens is 4. The molecule has 1 aliphatic heterocycles. The average Bonchev–Trinajstić information content (AvgIpc) is 3.40. The van der Waals surface area contributed by atoms with Gasteiger partial charge >= 0.3 is 0 Å². The highest BCUT2D eigenvalue weighted by Gasteiger charge is 2.45. The number of anilines is 1. The molecular weight excluding hydrogens is 438 g/mol. The number of carbonyl (C=O) groups excluding carboxylic acids is 1. The lowest BCUT2D eigenvalue weighted by molar-refractivity contribution is -0.140. The minimum absolute atomic E-state index is 0.0374. The molecule has 0 aliphatic carbocycles. The first-order valence-corrected chi connectivity index (χ1v) is 10.9. The van der Waals surface area contributed by atoms with E-state index in [0.717, 1.165) is 26.2 Å². The SMILES string of the molecule is COc1nc(N[C@@H]2CCN(C(C)=O)CC2(F)F)nn2ccc(-c3ccc4ncsc4c3)c12. The van der Waals surface area contributed by atoms with Gasteiger partial charge in [-0.05, 0) is 30.2 Å². The summed E-state index contributed by atoms with van der Waals surface area (Å²) in [5, 5.41) is 7.14. The van der Waals surface area contributed by atoms with Gasteiger partial charge in [-0.25, -0.2) is 18.3 Å². The number of rotatable bonds is 4. The molecule has 5 rings (SSSR count). The monoisotopic (exact) mass is 458 g/mol. The third-order valence-corrected chi connectivity index (χ3v) is 6.45. The standard InChI is InChI=1S/C21H20F2N6O2S/c1-12(30)28-7-6-17(21(22,23)10-28)25-20-26-19(31-2)18-14(5-8-29(18)27-20)13-3-4-15-16(9-13)32-11-24-15/h3-5,8-9,11,17H,6-7,10H2,1-2H3,(H,25,27)/t17-/m1/s1. The number of amides is 1. The molecule has 4 heterocycles. The molecule has 1 fully saturated rings. The summed E-state index contributed by atoms with van der Waals surface area (Å²) in [7, 11) is 1.48. The van der Waals surface area contributed by atoms with E-state index in [-0.39, 0.29) is 30.7 Å². The Kier molecular flexibility index (Phi) is 4.92. The second-order valence-electron chi connectivity index (χ2n) is 7.69. The first-order chi connectivity index (χ1) is 15.4. The number of hydrogen-bond donors (Lipinski definition) is 1. The quantitative estimate of drug-likeness (QED) is 0.502. The van der Waals surface area contributed by atoms with Crippen molar-refractivity contribution in [3.63, 3.8) is 0 Å². The van der Waals surface area contributed by atoms with Gasteiger partial charge in [0.05, 0.1) is 35.4 Å². The summed E-state index contributed by atoms with van der Waals surface area (Å²) in [5.41, 5.74) is 5.18. The van der Waals surface area contributed by atoms with Gasteiger partial charge in [-0.3, -0.25) is 4.79 Å². The Morgan fingerprint density at radius 1 is 1.34 bits per heavy atom. The summed E-state index contributed by atoms with van der Waals surface area (Å²) in [5.74, 6) is -3.16. The number of hydrogen-bond acceptors (Lipinski definition) is 7. The number of halogens is 2. The van der Waals surface area contributed by atoms with Crippen LogP contribution >= 0.6 is 11.3 Å². The predicted octanol–water partition coefficient (Wildman–Crippen LogP) is 3.68. The largest absolute Gasteiger partial charge is 0.479 e. The number of methoxy groups -OCH3 is 1. The number of likely N-dealkylation sites (tertiary alicyclic amines) is 1. The highest BCUT2D eigenvalue weighted by atomic mass is 32.1. The average molecular weight is 458 g/mol. The minimum Gasteiger partial charge on any atom is -0.479 e. The molecule has 0 radical (unpaired) electrons. The van der Waals surface area contributed by atoms with E-state index >= 15 is 0 Å². The molecule has 1 saturated heterocycles. The number of nitrogens with one attached hydrogen (secondary N) is 1. The highest BCUT2D eigenvalue weighted by molar-refractivity contribution is 7.16. The van der Waals surface area contributed by atoms with Gasteiger partial charge in [0.1, 0.15) is 5.52 Å². The zero-order chi connectivity index (χ0) is 22.5. The normalized spacial score (nSPS) is 18.2. The molecule has 32 heavy (non-hydrogen) atoms. The zero-order valence-electron chi connectivity index (χ0n) is 17.4. The van der Waals surface area contributed by atoms with Crippen LogP contribution < -0.4 is 10.1 Å². The Hall–Kier alpha value is -3.34. The van der Waals surface area contributed by atoms with E-state index in [9.17, 15) is 13.6 Å². The first kappa shape index (κ1) is 20.6. The molecule has 0 bridgehead atoms. The summed E-state index contributed by atoms with van der Waals surface area (Å²) in [4.78, 5) is 21.3. The molecule has 0 spiro atoms. The van der Waals surface area contributed by atoms with Crippen LogP contribution in [0.4, 0.5) is 14.7 Å². The predicted molar refractivity (Wildman–Crippen MR) is 117 cm³/mol. The van der Waals surface area contributed by atoms with E-state index in [1.54, 1.807) is 27.6 Å². The topological polar surface area (TPSA) is 84.6 Å². The maximum absolute atomic E-state index is 14.6. The number of carbonyl (C=O) groups is 1. The minimum atomic E-state index is -3.11. The summed E-state index contributed by atoms with van der Waals surface area (Å²) in [6.07, 6.45) is 1.83. The number of piperidine rings is 1. The van der Waals surface area contributed by atoms with Gasteiger partial charge in [0.15, 0.2) is 0 Å². The lowest BCUT2D eigenvalue weighted by Gasteiger charge is -2.38. The van der Waals surface area contributed by atoms with E-state index in [1.165, 1.54) is 14.0 Å². The third kappa shape index (κ3) is 3.52. The van der Waals surface area contributed by atoms with Crippen LogP contribution in [0.15, 0.2) is 36.0 Å². The molecule has 1 aliphatic rings. The van der Waals surface area contributed by atoms with Gasteiger partial charge in [0.25, 0.3) is 5.92 Å². The van der Waals surface area contributed by atoms with E-state index in [0.29, 0.717) is 5.52 Å². The van der Waals surface area contributed by atoms with Crippen LogP contribution in [0.2, 0.25) is 0 Å². The lowest BCUT2D eigenvalue weighted by Crippen LogP contribution is -2.55. The summed E-state index contributed by atoms with van der Waals surface area (Å²) < 4.78 is 37.4. The second-order valence-corrected chi connectivity index (χ2v) is 8.58. The molecule has 11 heteroatoms. The molecule has 1 N–H and O–H groups in total. The van der Waals surface area contributed by atoms with Crippen LogP contribution in [0.1, 0.15) is 13.3 Å². The van der Waals surface area contributed by atoms with Crippen molar-refractivity contribution in [1.82, 2.24) is 24.5 Å². The molecule has 0 unspecified atom stereocenters. The van der Waals surface area contributed by atoms with Crippen molar-refractivity contribution < 1.29 is 18.3 Å². The summed E-state index contributed by atoms with van der Waals surface area (Å²) in [6.45, 7) is 0.908. The van der Waals surface area contributed by atoms with Crippen LogP contribution in [0.5, 0.6) is 5.88 Å². The van der Waals surface area contributed by atoms with Gasteiger partial charge in [0, 0.05) is 25.2 Å². The Morgan fingerprint density at radius 3 is 2.94 bits per heavy atom. The van der Waals surface area contributed by atoms with Crippen molar-refractivity contribution in [3.8, 4) is 17.0 Å². The fourth-order valence-corrected chi connectivity index (χ4v) is 4.71. The molecular formula is C21H20F2N6O2S. The summed E-state index contributed by atoms with van der Waals surface area (Å²) >= 11 is 1.55. The Balaban J connectivity index is 1.48. The molecule has 3 aromatic heterocycles. The molecule has 8 nitrogen and oxygen atoms in total. The first-order valence-electron chi connectivity index (χ1n) is 10.0. The van der Waals surface area contributed by atoms with Crippen LogP contribution in [0.3, 0.4) is 0 Å². The molecule has 0 saturated carbocycles. The zero-order valence-corrected chi connectivity index (χ0v) is 18.2. The number of fused-ring (bicyclic) bond motifs is 2. The van der Waals surface area contributed by atoms with Crippen LogP contribution in [-0.2, 0) is 4.79 Å². The molecule has 1 amide bonds. The number of thiazole rings is 1. The third-order valence-electron chi connectivity index (χ3n) is 5.66. The molecule has 1 aromatic carbocycles. The van der Waals surface area contributed by atoms with Crippen LogP contribution in [-0.4, -0.2) is 62.6 Å². The Morgan fingerprint density at radius 2 is 2.19 bits per heavy atom. The highest BCUT2D eigenvalue weighted by Crippen LogP contribution is 2.35. The van der Waals surface area contributed by atoms with E-state index in [4.69, 9.17) is 4.74 Å². The van der Waals surface area contributed by atoms with Gasteiger partial charge in [-0.2, -0.15) is 4.98 Å². The van der Waals surface area contributed by atoms with Gasteiger partial charge in [-0.1, -0.05) is 6.07 Å². The van der Waals surface area contributed by atoms with E-state index in [2.05, 4.69) is 20.4 Å². The van der Waals surface area contributed by atoms with Gasteiger partial charge < -0.3 is 15.0 Å². The van der Waals surface area contributed by atoms with Crippen molar-refractivity contribution >= 4 is 38.9 Å².